The van der Waals surface area contributed by atoms with Crippen LogP contribution < -0.4 is 4.90 Å². The van der Waals surface area contributed by atoms with Gasteiger partial charge in [0.1, 0.15) is 11.6 Å². The molecule has 1 aliphatic heterocycles. The highest BCUT2D eigenvalue weighted by molar-refractivity contribution is 6.30. The number of anilines is 1. The predicted molar refractivity (Wildman–Crippen MR) is 85.4 cm³/mol. The minimum absolute atomic E-state index is 0.0385. The van der Waals surface area contributed by atoms with Gasteiger partial charge >= 0.3 is 0 Å². The molecule has 1 saturated heterocycles. The molecule has 3 heterocycles. The lowest BCUT2D eigenvalue weighted by Crippen LogP contribution is -2.49. The zero-order valence-corrected chi connectivity index (χ0v) is 13.2. The third-order valence-electron chi connectivity index (χ3n) is 3.82. The summed E-state index contributed by atoms with van der Waals surface area (Å²) in [7, 11) is 0. The van der Waals surface area contributed by atoms with Gasteiger partial charge in [-0.2, -0.15) is 0 Å². The van der Waals surface area contributed by atoms with Crippen molar-refractivity contribution in [3.8, 4) is 0 Å². The smallest absolute Gasteiger partial charge is 0.289 e. The van der Waals surface area contributed by atoms with Crippen molar-refractivity contribution in [3.63, 3.8) is 0 Å². The molecule has 0 saturated carbocycles. The summed E-state index contributed by atoms with van der Waals surface area (Å²) in [4.78, 5) is 20.7. The van der Waals surface area contributed by atoms with Gasteiger partial charge in [-0.3, -0.25) is 4.79 Å². The summed E-state index contributed by atoms with van der Waals surface area (Å²) in [6, 6.07) is 7.35. The summed E-state index contributed by atoms with van der Waals surface area (Å²) >= 11 is 5.85. The van der Waals surface area contributed by atoms with Gasteiger partial charge in [0, 0.05) is 38.8 Å². The second kappa shape index (κ2) is 6.40. The van der Waals surface area contributed by atoms with Crippen LogP contribution in [0.25, 0.3) is 0 Å². The predicted octanol–water partition coefficient (Wildman–Crippen LogP) is 2.85. The van der Waals surface area contributed by atoms with Crippen molar-refractivity contribution in [1.29, 1.82) is 0 Å². The highest BCUT2D eigenvalue weighted by Gasteiger charge is 2.24. The van der Waals surface area contributed by atoms with Crippen LogP contribution in [0.3, 0.4) is 0 Å². The molecular formula is C16H18ClN3O2. The average molecular weight is 320 g/mol. The summed E-state index contributed by atoms with van der Waals surface area (Å²) in [6.45, 7) is 4.82. The van der Waals surface area contributed by atoms with E-state index in [2.05, 4.69) is 9.88 Å². The maximum absolute atomic E-state index is 12.4. The number of furan rings is 1. The molecule has 1 fully saturated rings. The standard InChI is InChI=1S/C16H18ClN3O2/c1-2-13-4-5-14(22-13)16(21)20-9-7-19(8-10-20)15-6-3-12(17)11-18-15/h3-6,11H,2,7-10H2,1H3. The van der Waals surface area contributed by atoms with Crippen molar-refractivity contribution < 1.29 is 9.21 Å². The number of piperazine rings is 1. The molecule has 0 atom stereocenters. The molecule has 22 heavy (non-hydrogen) atoms. The highest BCUT2D eigenvalue weighted by atomic mass is 35.5. The van der Waals surface area contributed by atoms with Crippen LogP contribution in [0.15, 0.2) is 34.9 Å². The van der Waals surface area contributed by atoms with E-state index in [9.17, 15) is 4.79 Å². The molecule has 0 spiro atoms. The number of hydrogen-bond acceptors (Lipinski definition) is 4. The summed E-state index contributed by atoms with van der Waals surface area (Å²) < 4.78 is 5.54. The fourth-order valence-electron chi connectivity index (χ4n) is 2.53. The van der Waals surface area contributed by atoms with Crippen LogP contribution in [0, 0.1) is 0 Å². The van der Waals surface area contributed by atoms with Crippen molar-refractivity contribution in [3.05, 3.63) is 47.0 Å². The second-order valence-electron chi connectivity index (χ2n) is 5.23. The quantitative estimate of drug-likeness (QED) is 0.873. The summed E-state index contributed by atoms with van der Waals surface area (Å²) in [5, 5.41) is 0.627. The molecule has 116 valence electrons. The highest BCUT2D eigenvalue weighted by Crippen LogP contribution is 2.18. The maximum atomic E-state index is 12.4. The molecule has 0 N–H and O–H groups in total. The number of aryl methyl sites for hydroxylation is 1. The van der Waals surface area contributed by atoms with Gasteiger partial charge < -0.3 is 14.2 Å². The number of amides is 1. The van der Waals surface area contributed by atoms with Gasteiger partial charge in [-0.15, -0.1) is 0 Å². The van der Waals surface area contributed by atoms with Crippen LogP contribution in [0.2, 0.25) is 5.02 Å². The largest absolute Gasteiger partial charge is 0.456 e. The van der Waals surface area contributed by atoms with E-state index in [4.69, 9.17) is 16.0 Å². The van der Waals surface area contributed by atoms with Crippen LogP contribution in [0.5, 0.6) is 0 Å². The summed E-state index contributed by atoms with van der Waals surface area (Å²) in [5.41, 5.74) is 0. The monoisotopic (exact) mass is 319 g/mol. The third-order valence-corrected chi connectivity index (χ3v) is 4.05. The van der Waals surface area contributed by atoms with E-state index in [0.717, 1.165) is 31.1 Å². The lowest BCUT2D eigenvalue weighted by Gasteiger charge is -2.35. The molecule has 5 nitrogen and oxygen atoms in total. The van der Waals surface area contributed by atoms with Gasteiger partial charge in [-0.25, -0.2) is 4.98 Å². The van der Waals surface area contributed by atoms with E-state index in [1.165, 1.54) is 0 Å². The second-order valence-corrected chi connectivity index (χ2v) is 5.67. The molecule has 0 aromatic carbocycles. The molecule has 3 rings (SSSR count). The number of hydrogen-bond donors (Lipinski definition) is 0. The van der Waals surface area contributed by atoms with Crippen molar-refractivity contribution in [2.45, 2.75) is 13.3 Å². The molecule has 1 amide bonds. The maximum Gasteiger partial charge on any atom is 0.289 e. The summed E-state index contributed by atoms with van der Waals surface area (Å²) in [5.74, 6) is 2.12. The van der Waals surface area contributed by atoms with Crippen LogP contribution in [0.4, 0.5) is 5.82 Å². The molecule has 6 heteroatoms. The zero-order chi connectivity index (χ0) is 15.5. The van der Waals surface area contributed by atoms with Crippen LogP contribution in [-0.4, -0.2) is 42.0 Å². The number of carbonyl (C=O) groups excluding carboxylic acids is 1. The molecular weight excluding hydrogens is 302 g/mol. The van der Waals surface area contributed by atoms with Gasteiger partial charge in [-0.05, 0) is 24.3 Å². The first kappa shape index (κ1) is 14.9. The molecule has 0 bridgehead atoms. The fraction of sp³-hybridized carbons (Fsp3) is 0.375. The first-order valence-corrected chi connectivity index (χ1v) is 7.79. The first-order chi connectivity index (χ1) is 10.7. The van der Waals surface area contributed by atoms with Crippen LogP contribution in [-0.2, 0) is 6.42 Å². The Balaban J connectivity index is 1.61. The number of pyridine rings is 1. The Kier molecular flexibility index (Phi) is 4.34. The van der Waals surface area contributed by atoms with Crippen LogP contribution in [0.1, 0.15) is 23.2 Å². The fourth-order valence-corrected chi connectivity index (χ4v) is 2.64. The number of halogens is 1. The van der Waals surface area contributed by atoms with E-state index in [1.807, 2.05) is 30.0 Å². The Bertz CT molecular complexity index is 646. The van der Waals surface area contributed by atoms with Gasteiger partial charge in [0.05, 0.1) is 5.02 Å². The lowest BCUT2D eigenvalue weighted by molar-refractivity contribution is 0.0712. The van der Waals surface area contributed by atoms with Crippen LogP contribution >= 0.6 is 11.6 Å². The Hall–Kier alpha value is -2.01. The van der Waals surface area contributed by atoms with Gasteiger partial charge in [-0.1, -0.05) is 18.5 Å². The number of rotatable bonds is 3. The molecule has 0 radical (unpaired) electrons. The average Bonchev–Trinajstić information content (AvgIpc) is 3.04. The minimum atomic E-state index is -0.0385. The summed E-state index contributed by atoms with van der Waals surface area (Å²) in [6.07, 6.45) is 2.44. The molecule has 2 aromatic rings. The molecule has 1 aliphatic rings. The van der Waals surface area contributed by atoms with Crippen molar-refractivity contribution in [1.82, 2.24) is 9.88 Å². The van der Waals surface area contributed by atoms with Crippen molar-refractivity contribution >= 4 is 23.3 Å². The van der Waals surface area contributed by atoms with Gasteiger partial charge in [0.15, 0.2) is 5.76 Å². The number of aromatic nitrogens is 1. The Morgan fingerprint density at radius 2 is 2.00 bits per heavy atom. The number of carbonyl (C=O) groups is 1. The van der Waals surface area contributed by atoms with E-state index in [0.29, 0.717) is 23.9 Å². The SMILES string of the molecule is CCc1ccc(C(=O)N2CCN(c3ccc(Cl)cn3)CC2)o1. The minimum Gasteiger partial charge on any atom is -0.456 e. The zero-order valence-electron chi connectivity index (χ0n) is 12.5. The lowest BCUT2D eigenvalue weighted by atomic mass is 10.2. The molecule has 0 aliphatic carbocycles. The Labute approximate surface area is 134 Å². The van der Waals surface area contributed by atoms with E-state index in [1.54, 1.807) is 12.3 Å². The van der Waals surface area contributed by atoms with E-state index in [-0.39, 0.29) is 5.91 Å². The molecule has 0 unspecified atom stereocenters. The van der Waals surface area contributed by atoms with E-state index >= 15 is 0 Å². The molecule has 2 aromatic heterocycles. The van der Waals surface area contributed by atoms with Gasteiger partial charge in [0.25, 0.3) is 5.91 Å². The number of nitrogens with zero attached hydrogens (tertiary/aromatic N) is 3. The van der Waals surface area contributed by atoms with Gasteiger partial charge in [0.2, 0.25) is 0 Å². The topological polar surface area (TPSA) is 49.6 Å². The van der Waals surface area contributed by atoms with Crippen molar-refractivity contribution in [2.24, 2.45) is 0 Å². The van der Waals surface area contributed by atoms with E-state index < -0.39 is 0 Å². The third kappa shape index (κ3) is 3.09. The Morgan fingerprint density at radius 3 is 2.59 bits per heavy atom. The van der Waals surface area contributed by atoms with Crippen molar-refractivity contribution in [2.75, 3.05) is 31.1 Å². The first-order valence-electron chi connectivity index (χ1n) is 7.42. The Morgan fingerprint density at radius 1 is 1.23 bits per heavy atom. The normalized spacial score (nSPS) is 15.2.